The van der Waals surface area contributed by atoms with Gasteiger partial charge in [0.25, 0.3) is 5.91 Å². The van der Waals surface area contributed by atoms with Gasteiger partial charge in [0.1, 0.15) is 5.82 Å². The number of amides is 1. The summed E-state index contributed by atoms with van der Waals surface area (Å²) in [4.78, 5) is 16.6. The molecule has 1 aromatic heterocycles. The molecule has 0 atom stereocenters. The molecule has 1 amide bonds. The normalized spacial score (nSPS) is 12.4. The molecule has 0 saturated heterocycles. The number of hydrogen-bond acceptors (Lipinski definition) is 2. The molecule has 3 aromatic rings. The number of para-hydroxylation sites is 2. The van der Waals surface area contributed by atoms with Gasteiger partial charge in [-0.25, -0.2) is 4.98 Å². The Kier molecular flexibility index (Phi) is 5.29. The van der Waals surface area contributed by atoms with E-state index in [0.717, 1.165) is 11.0 Å². The number of aryl methyl sites for hydroxylation is 1. The van der Waals surface area contributed by atoms with Gasteiger partial charge in [-0.15, -0.1) is 0 Å². The molecule has 0 unspecified atom stereocenters. The lowest BCUT2D eigenvalue weighted by Crippen LogP contribution is -2.28. The van der Waals surface area contributed by atoms with Crippen LogP contribution >= 0.6 is 0 Å². The zero-order chi connectivity index (χ0) is 21.4. The number of aromatic nitrogens is 2. The molecule has 154 valence electrons. The number of rotatable bonds is 4. The van der Waals surface area contributed by atoms with Crippen LogP contribution in [0.3, 0.4) is 0 Å². The standard InChI is InChI=1S/C19H15F6N3O/c1-11-27-15-4-2-3-5-16(15)28(11)7-6-26-17(29)12-8-13(18(20,21)22)10-14(9-12)19(23,24)25/h2-5,8-10H,6-7H2,1H3,(H,26,29). The molecule has 0 fully saturated rings. The van der Waals surface area contributed by atoms with Crippen LogP contribution in [0.25, 0.3) is 11.0 Å². The van der Waals surface area contributed by atoms with Gasteiger partial charge >= 0.3 is 12.4 Å². The van der Waals surface area contributed by atoms with E-state index in [-0.39, 0.29) is 19.2 Å². The minimum atomic E-state index is -5.01. The van der Waals surface area contributed by atoms with E-state index in [1.54, 1.807) is 23.6 Å². The van der Waals surface area contributed by atoms with Crippen molar-refractivity contribution in [3.8, 4) is 0 Å². The van der Waals surface area contributed by atoms with Crippen molar-refractivity contribution in [2.75, 3.05) is 6.54 Å². The van der Waals surface area contributed by atoms with Crippen LogP contribution in [0.2, 0.25) is 0 Å². The van der Waals surface area contributed by atoms with Crippen molar-refractivity contribution >= 4 is 16.9 Å². The molecule has 1 N–H and O–H groups in total. The van der Waals surface area contributed by atoms with Crippen LogP contribution in [0.15, 0.2) is 42.5 Å². The fourth-order valence-corrected chi connectivity index (χ4v) is 2.95. The quantitative estimate of drug-likeness (QED) is 0.622. The Labute approximate surface area is 161 Å². The van der Waals surface area contributed by atoms with E-state index in [1.807, 2.05) is 12.1 Å². The van der Waals surface area contributed by atoms with Crippen LogP contribution in [0.5, 0.6) is 0 Å². The molecule has 0 aliphatic rings. The molecule has 0 aliphatic carbocycles. The summed E-state index contributed by atoms with van der Waals surface area (Å²) in [5, 5.41) is 2.36. The molecule has 3 rings (SSSR count). The largest absolute Gasteiger partial charge is 0.416 e. The third kappa shape index (κ3) is 4.52. The monoisotopic (exact) mass is 415 g/mol. The number of imidazole rings is 1. The number of benzene rings is 2. The van der Waals surface area contributed by atoms with E-state index < -0.39 is 35.0 Å². The fourth-order valence-electron chi connectivity index (χ4n) is 2.95. The topological polar surface area (TPSA) is 46.9 Å². The van der Waals surface area contributed by atoms with Crippen molar-refractivity contribution in [1.29, 1.82) is 0 Å². The summed E-state index contributed by atoms with van der Waals surface area (Å²) in [6.45, 7) is 2.00. The van der Waals surface area contributed by atoms with Crippen molar-refractivity contribution in [1.82, 2.24) is 14.9 Å². The second-order valence-electron chi connectivity index (χ2n) is 6.35. The molecule has 2 aromatic carbocycles. The molecule has 0 aliphatic heterocycles. The number of fused-ring (bicyclic) bond motifs is 1. The number of alkyl halides is 6. The highest BCUT2D eigenvalue weighted by molar-refractivity contribution is 5.94. The van der Waals surface area contributed by atoms with Gasteiger partial charge in [0.15, 0.2) is 0 Å². The molecule has 1 heterocycles. The Morgan fingerprint density at radius 1 is 1.00 bits per heavy atom. The van der Waals surface area contributed by atoms with E-state index in [2.05, 4.69) is 10.3 Å². The van der Waals surface area contributed by atoms with Crippen LogP contribution in [0, 0.1) is 6.92 Å². The highest BCUT2D eigenvalue weighted by Crippen LogP contribution is 2.36. The first-order valence-corrected chi connectivity index (χ1v) is 8.46. The van der Waals surface area contributed by atoms with E-state index in [0.29, 0.717) is 18.0 Å². The van der Waals surface area contributed by atoms with Crippen molar-refractivity contribution in [2.45, 2.75) is 25.8 Å². The number of carbonyl (C=O) groups excluding carboxylic acids is 1. The molecule has 10 heteroatoms. The summed E-state index contributed by atoms with van der Waals surface area (Å²) in [7, 11) is 0. The van der Waals surface area contributed by atoms with Crippen LogP contribution < -0.4 is 5.32 Å². The molecule has 0 bridgehead atoms. The van der Waals surface area contributed by atoms with Crippen molar-refractivity contribution < 1.29 is 31.1 Å². The van der Waals surface area contributed by atoms with E-state index >= 15 is 0 Å². The first-order valence-electron chi connectivity index (χ1n) is 8.46. The average molecular weight is 415 g/mol. The van der Waals surface area contributed by atoms with Gasteiger partial charge in [-0.1, -0.05) is 12.1 Å². The van der Waals surface area contributed by atoms with Gasteiger partial charge in [-0.05, 0) is 37.3 Å². The first-order chi connectivity index (χ1) is 13.5. The van der Waals surface area contributed by atoms with Crippen molar-refractivity contribution in [2.24, 2.45) is 0 Å². The number of nitrogens with zero attached hydrogens (tertiary/aromatic N) is 2. The summed E-state index contributed by atoms with van der Waals surface area (Å²) < 4.78 is 79.3. The lowest BCUT2D eigenvalue weighted by atomic mass is 10.0. The second-order valence-corrected chi connectivity index (χ2v) is 6.35. The van der Waals surface area contributed by atoms with Crippen molar-refractivity contribution in [3.05, 3.63) is 65.0 Å². The third-order valence-electron chi connectivity index (χ3n) is 4.32. The van der Waals surface area contributed by atoms with E-state index in [1.165, 1.54) is 0 Å². The first kappa shape index (κ1) is 20.7. The summed E-state index contributed by atoms with van der Waals surface area (Å²) >= 11 is 0. The average Bonchev–Trinajstić information content (AvgIpc) is 2.95. The number of hydrogen-bond donors (Lipinski definition) is 1. The van der Waals surface area contributed by atoms with E-state index in [4.69, 9.17) is 0 Å². The Bertz CT molecular complexity index is 1020. The Morgan fingerprint density at radius 3 is 2.17 bits per heavy atom. The Hall–Kier alpha value is -3.04. The highest BCUT2D eigenvalue weighted by atomic mass is 19.4. The minimum absolute atomic E-state index is 0.00236. The van der Waals surface area contributed by atoms with Crippen LogP contribution in [-0.4, -0.2) is 22.0 Å². The zero-order valence-corrected chi connectivity index (χ0v) is 15.0. The SMILES string of the molecule is Cc1nc2ccccc2n1CCNC(=O)c1cc(C(F)(F)F)cc(C(F)(F)F)c1. The van der Waals surface area contributed by atoms with Crippen LogP contribution in [-0.2, 0) is 18.9 Å². The van der Waals surface area contributed by atoms with Gasteiger partial charge in [0.2, 0.25) is 0 Å². The van der Waals surface area contributed by atoms with Crippen molar-refractivity contribution in [3.63, 3.8) is 0 Å². The van der Waals surface area contributed by atoms with Crippen LogP contribution in [0.4, 0.5) is 26.3 Å². The molecule has 0 radical (unpaired) electrons. The lowest BCUT2D eigenvalue weighted by Gasteiger charge is -2.14. The van der Waals surface area contributed by atoms with E-state index in [9.17, 15) is 31.1 Å². The number of halogens is 6. The number of carbonyl (C=O) groups is 1. The van der Waals surface area contributed by atoms with Gasteiger partial charge < -0.3 is 9.88 Å². The van der Waals surface area contributed by atoms with Gasteiger partial charge in [0, 0.05) is 18.7 Å². The van der Waals surface area contributed by atoms with Gasteiger partial charge in [-0.2, -0.15) is 26.3 Å². The van der Waals surface area contributed by atoms with Crippen LogP contribution in [0.1, 0.15) is 27.3 Å². The molecule has 4 nitrogen and oxygen atoms in total. The van der Waals surface area contributed by atoms with Gasteiger partial charge in [0.05, 0.1) is 22.2 Å². The number of nitrogens with one attached hydrogen (secondary N) is 1. The third-order valence-corrected chi connectivity index (χ3v) is 4.32. The summed E-state index contributed by atoms with van der Waals surface area (Å²) in [5.41, 5.74) is -2.23. The summed E-state index contributed by atoms with van der Waals surface area (Å²) in [5.74, 6) is -0.359. The zero-order valence-electron chi connectivity index (χ0n) is 15.0. The molecule has 29 heavy (non-hydrogen) atoms. The summed E-state index contributed by atoms with van der Waals surface area (Å²) in [6.07, 6.45) is -10.0. The maximum atomic E-state index is 12.9. The molecule has 0 spiro atoms. The molecular formula is C19H15F6N3O. The predicted molar refractivity (Wildman–Crippen MR) is 93.2 cm³/mol. The molecular weight excluding hydrogens is 400 g/mol. The Morgan fingerprint density at radius 2 is 1.59 bits per heavy atom. The smallest absolute Gasteiger partial charge is 0.350 e. The fraction of sp³-hybridized carbons (Fsp3) is 0.263. The summed E-state index contributed by atoms with van der Waals surface area (Å²) in [6, 6.07) is 8.04. The highest BCUT2D eigenvalue weighted by Gasteiger charge is 2.37. The second kappa shape index (κ2) is 7.41. The lowest BCUT2D eigenvalue weighted by molar-refractivity contribution is -0.143. The maximum absolute atomic E-state index is 12.9. The molecule has 0 saturated carbocycles. The minimum Gasteiger partial charge on any atom is -0.350 e. The Balaban J connectivity index is 1.79. The maximum Gasteiger partial charge on any atom is 0.416 e. The van der Waals surface area contributed by atoms with Gasteiger partial charge in [-0.3, -0.25) is 4.79 Å². The predicted octanol–water partition coefficient (Wildman–Crippen LogP) is 4.81.